The van der Waals surface area contributed by atoms with Crippen LogP contribution in [0.2, 0.25) is 0 Å². The maximum atomic E-state index is 10.8. The molecule has 3 nitrogen and oxygen atoms in total. The molecule has 0 aliphatic heterocycles. The molecule has 0 heterocycles. The molecule has 2 aliphatic carbocycles. The van der Waals surface area contributed by atoms with Crippen LogP contribution in [-0.4, -0.2) is 36.2 Å². The number of benzene rings is 1. The zero-order valence-corrected chi connectivity index (χ0v) is 13.2. The van der Waals surface area contributed by atoms with Crippen LogP contribution in [0.5, 0.6) is 5.75 Å². The second-order valence-corrected chi connectivity index (χ2v) is 6.57. The minimum atomic E-state index is -0.369. The first kappa shape index (κ1) is 14.9. The Balaban J connectivity index is 1.76. The number of fused-ring (bicyclic) bond motifs is 1. The normalized spacial score (nSPS) is 26.7. The predicted molar refractivity (Wildman–Crippen MR) is 84.7 cm³/mol. The van der Waals surface area contributed by atoms with E-state index in [1.165, 1.54) is 37.7 Å². The second kappa shape index (κ2) is 6.37. The Labute approximate surface area is 127 Å². The molecule has 116 valence electrons. The van der Waals surface area contributed by atoms with Gasteiger partial charge in [-0.2, -0.15) is 0 Å². The number of aliphatic hydroxyl groups is 1. The highest BCUT2D eigenvalue weighted by molar-refractivity contribution is 5.39. The maximum absolute atomic E-state index is 10.8. The summed E-state index contributed by atoms with van der Waals surface area (Å²) in [6.07, 6.45) is 8.33. The Bertz CT molecular complexity index is 482. The van der Waals surface area contributed by atoms with Gasteiger partial charge in [-0.05, 0) is 56.0 Å². The standard InChI is InChI=1S/C18H27NO2/c1-19(14-6-4-3-5-7-14)17-11-8-13-12-15(21-2)9-10-16(13)18(17)20/h9-10,12,14,17-18,20H,3-8,11H2,1-2H3. The molecule has 1 aromatic rings. The molecular formula is C18H27NO2. The Morgan fingerprint density at radius 1 is 1.14 bits per heavy atom. The third-order valence-electron chi connectivity index (χ3n) is 5.42. The van der Waals surface area contributed by atoms with Gasteiger partial charge < -0.3 is 9.84 Å². The van der Waals surface area contributed by atoms with Crippen LogP contribution in [0, 0.1) is 0 Å². The zero-order valence-electron chi connectivity index (χ0n) is 13.2. The molecule has 0 radical (unpaired) electrons. The summed E-state index contributed by atoms with van der Waals surface area (Å²) in [5.74, 6) is 0.889. The third kappa shape index (κ3) is 2.95. The van der Waals surface area contributed by atoms with Crippen LogP contribution in [0.4, 0.5) is 0 Å². The van der Waals surface area contributed by atoms with E-state index in [1.807, 2.05) is 12.1 Å². The monoisotopic (exact) mass is 289 g/mol. The first-order chi connectivity index (χ1) is 10.2. The molecule has 0 saturated heterocycles. The van der Waals surface area contributed by atoms with E-state index in [0.717, 1.165) is 24.2 Å². The molecule has 1 fully saturated rings. The summed E-state index contributed by atoms with van der Waals surface area (Å²) in [6.45, 7) is 0. The van der Waals surface area contributed by atoms with Crippen LogP contribution in [0.15, 0.2) is 18.2 Å². The molecule has 3 heteroatoms. The number of likely N-dealkylation sites (N-methyl/N-ethyl adjacent to an activating group) is 1. The fourth-order valence-corrected chi connectivity index (χ4v) is 4.07. The molecular weight excluding hydrogens is 262 g/mol. The fourth-order valence-electron chi connectivity index (χ4n) is 4.07. The number of aliphatic hydroxyl groups excluding tert-OH is 1. The van der Waals surface area contributed by atoms with E-state index in [-0.39, 0.29) is 12.1 Å². The first-order valence-corrected chi connectivity index (χ1v) is 8.27. The maximum Gasteiger partial charge on any atom is 0.119 e. The lowest BCUT2D eigenvalue weighted by atomic mass is 9.83. The first-order valence-electron chi connectivity index (χ1n) is 8.27. The van der Waals surface area contributed by atoms with Gasteiger partial charge in [-0.1, -0.05) is 25.3 Å². The molecule has 21 heavy (non-hydrogen) atoms. The van der Waals surface area contributed by atoms with Crippen LogP contribution in [0.25, 0.3) is 0 Å². The van der Waals surface area contributed by atoms with Crippen molar-refractivity contribution in [1.82, 2.24) is 4.90 Å². The molecule has 0 amide bonds. The van der Waals surface area contributed by atoms with Gasteiger partial charge in [-0.15, -0.1) is 0 Å². The highest BCUT2D eigenvalue weighted by Gasteiger charge is 2.34. The van der Waals surface area contributed by atoms with Crippen molar-refractivity contribution in [2.45, 2.75) is 63.1 Å². The van der Waals surface area contributed by atoms with Crippen LogP contribution in [0.1, 0.15) is 55.8 Å². The van der Waals surface area contributed by atoms with E-state index in [1.54, 1.807) is 7.11 Å². The summed E-state index contributed by atoms with van der Waals surface area (Å²) >= 11 is 0. The summed E-state index contributed by atoms with van der Waals surface area (Å²) in [5.41, 5.74) is 2.34. The summed E-state index contributed by atoms with van der Waals surface area (Å²) in [6, 6.07) is 6.99. The molecule has 2 aliphatic rings. The summed E-state index contributed by atoms with van der Waals surface area (Å²) < 4.78 is 5.29. The van der Waals surface area contributed by atoms with E-state index >= 15 is 0 Å². The second-order valence-electron chi connectivity index (χ2n) is 6.57. The Kier molecular flexibility index (Phi) is 4.51. The molecule has 0 aromatic heterocycles. The number of hydrogen-bond acceptors (Lipinski definition) is 3. The molecule has 0 spiro atoms. The lowest BCUT2D eigenvalue weighted by Gasteiger charge is -2.42. The van der Waals surface area contributed by atoms with Gasteiger partial charge in [0.25, 0.3) is 0 Å². The average molecular weight is 289 g/mol. The molecule has 1 N–H and O–H groups in total. The van der Waals surface area contributed by atoms with Gasteiger partial charge in [-0.3, -0.25) is 4.90 Å². The van der Waals surface area contributed by atoms with E-state index in [9.17, 15) is 5.11 Å². The minimum absolute atomic E-state index is 0.258. The van der Waals surface area contributed by atoms with Gasteiger partial charge in [0.2, 0.25) is 0 Å². The SMILES string of the molecule is COc1ccc2c(c1)CCC(N(C)C1CCCCC1)C2O. The smallest absolute Gasteiger partial charge is 0.119 e. The number of aryl methyl sites for hydroxylation is 1. The molecule has 2 unspecified atom stereocenters. The van der Waals surface area contributed by atoms with Crippen LogP contribution in [0.3, 0.4) is 0 Å². The van der Waals surface area contributed by atoms with Gasteiger partial charge in [0.1, 0.15) is 5.75 Å². The molecule has 1 saturated carbocycles. The van der Waals surface area contributed by atoms with Gasteiger partial charge in [0.15, 0.2) is 0 Å². The van der Waals surface area contributed by atoms with Crippen molar-refractivity contribution in [2.24, 2.45) is 0 Å². The third-order valence-corrected chi connectivity index (χ3v) is 5.42. The van der Waals surface area contributed by atoms with Gasteiger partial charge in [-0.25, -0.2) is 0 Å². The quantitative estimate of drug-likeness (QED) is 0.926. The molecule has 3 rings (SSSR count). The molecule has 2 atom stereocenters. The number of methoxy groups -OCH3 is 1. The van der Waals surface area contributed by atoms with Crippen molar-refractivity contribution < 1.29 is 9.84 Å². The Morgan fingerprint density at radius 3 is 2.62 bits per heavy atom. The summed E-state index contributed by atoms with van der Waals surface area (Å²) in [4.78, 5) is 2.46. The average Bonchev–Trinajstić information content (AvgIpc) is 2.55. The number of rotatable bonds is 3. The van der Waals surface area contributed by atoms with Crippen LogP contribution in [-0.2, 0) is 6.42 Å². The van der Waals surface area contributed by atoms with Crippen molar-refractivity contribution in [1.29, 1.82) is 0 Å². The molecule has 1 aromatic carbocycles. The number of hydrogen-bond donors (Lipinski definition) is 1. The predicted octanol–water partition coefficient (Wildman–Crippen LogP) is 3.31. The van der Waals surface area contributed by atoms with E-state index in [2.05, 4.69) is 18.0 Å². The Hall–Kier alpha value is -1.06. The van der Waals surface area contributed by atoms with E-state index in [4.69, 9.17) is 4.74 Å². The zero-order chi connectivity index (χ0) is 14.8. The van der Waals surface area contributed by atoms with Crippen molar-refractivity contribution in [2.75, 3.05) is 14.2 Å². The van der Waals surface area contributed by atoms with Crippen molar-refractivity contribution in [3.63, 3.8) is 0 Å². The summed E-state index contributed by atoms with van der Waals surface area (Å²) in [5, 5.41) is 10.8. The van der Waals surface area contributed by atoms with Gasteiger partial charge >= 0.3 is 0 Å². The van der Waals surface area contributed by atoms with Crippen molar-refractivity contribution >= 4 is 0 Å². The molecule has 0 bridgehead atoms. The Morgan fingerprint density at radius 2 is 1.90 bits per heavy atom. The van der Waals surface area contributed by atoms with Crippen molar-refractivity contribution in [3.8, 4) is 5.75 Å². The highest BCUT2D eigenvalue weighted by Crippen LogP contribution is 2.36. The van der Waals surface area contributed by atoms with E-state index < -0.39 is 0 Å². The number of ether oxygens (including phenoxy) is 1. The lowest BCUT2D eigenvalue weighted by molar-refractivity contribution is 0.0188. The van der Waals surface area contributed by atoms with E-state index in [0.29, 0.717) is 6.04 Å². The van der Waals surface area contributed by atoms with Crippen LogP contribution < -0.4 is 4.74 Å². The minimum Gasteiger partial charge on any atom is -0.497 e. The largest absolute Gasteiger partial charge is 0.497 e. The number of nitrogens with zero attached hydrogens (tertiary/aromatic N) is 1. The van der Waals surface area contributed by atoms with Crippen LogP contribution >= 0.6 is 0 Å². The lowest BCUT2D eigenvalue weighted by Crippen LogP contribution is -2.46. The fraction of sp³-hybridized carbons (Fsp3) is 0.667. The van der Waals surface area contributed by atoms with Gasteiger partial charge in [0, 0.05) is 12.1 Å². The topological polar surface area (TPSA) is 32.7 Å². The van der Waals surface area contributed by atoms with Crippen molar-refractivity contribution in [3.05, 3.63) is 29.3 Å². The highest BCUT2D eigenvalue weighted by atomic mass is 16.5. The van der Waals surface area contributed by atoms with Gasteiger partial charge in [0.05, 0.1) is 13.2 Å². The summed E-state index contributed by atoms with van der Waals surface area (Å²) in [7, 11) is 3.90.